The minimum absolute atomic E-state index is 0. The Bertz CT molecular complexity index is 618. The van der Waals surface area contributed by atoms with Gasteiger partial charge in [-0.3, -0.25) is 4.79 Å². The number of carbonyl (C=O) groups excluding carboxylic acids is 1. The smallest absolute Gasteiger partial charge is 0.422 e. The summed E-state index contributed by atoms with van der Waals surface area (Å²) in [7, 11) is 1.37. The number of hydrogen-bond acceptors (Lipinski definition) is 4. The van der Waals surface area contributed by atoms with Crippen molar-refractivity contribution in [2.75, 3.05) is 26.8 Å². The first-order valence-electron chi connectivity index (χ1n) is 8.58. The number of halogens is 4. The molecule has 2 atom stereocenters. The lowest BCUT2D eigenvalue weighted by molar-refractivity contribution is -0.153. The van der Waals surface area contributed by atoms with Crippen molar-refractivity contribution in [3.63, 3.8) is 0 Å². The zero-order chi connectivity index (χ0) is 19.3. The molecule has 154 valence electrons. The molecule has 1 heterocycles. The lowest BCUT2D eigenvalue weighted by Gasteiger charge is -2.36. The molecule has 1 amide bonds. The van der Waals surface area contributed by atoms with Crippen LogP contribution < -0.4 is 14.8 Å². The summed E-state index contributed by atoms with van der Waals surface area (Å²) in [4.78, 5) is 14.3. The molecule has 1 aliphatic rings. The molecule has 0 saturated carbocycles. The van der Waals surface area contributed by atoms with Crippen molar-refractivity contribution in [1.29, 1.82) is 0 Å². The van der Waals surface area contributed by atoms with E-state index in [1.807, 2.05) is 18.7 Å². The minimum atomic E-state index is -4.41. The fourth-order valence-electron chi connectivity index (χ4n) is 3.09. The summed E-state index contributed by atoms with van der Waals surface area (Å²) in [5.74, 6) is 0.329. The van der Waals surface area contributed by atoms with E-state index >= 15 is 0 Å². The summed E-state index contributed by atoms with van der Waals surface area (Å²) in [6, 6.07) is 5.23. The average molecular weight is 411 g/mol. The lowest BCUT2D eigenvalue weighted by atomic mass is 10.1. The van der Waals surface area contributed by atoms with Crippen LogP contribution in [0.1, 0.15) is 25.8 Å². The van der Waals surface area contributed by atoms with Crippen LogP contribution in [-0.4, -0.2) is 55.9 Å². The van der Waals surface area contributed by atoms with E-state index in [9.17, 15) is 18.0 Å². The second-order valence-electron chi connectivity index (χ2n) is 6.66. The lowest BCUT2D eigenvalue weighted by Crippen LogP contribution is -2.55. The monoisotopic (exact) mass is 410 g/mol. The number of alkyl halides is 3. The van der Waals surface area contributed by atoms with Crippen LogP contribution in [0.4, 0.5) is 13.2 Å². The second kappa shape index (κ2) is 10.0. The molecule has 1 saturated heterocycles. The Balaban J connectivity index is 0.00000364. The van der Waals surface area contributed by atoms with Gasteiger partial charge in [0.15, 0.2) is 18.1 Å². The third-order valence-corrected chi connectivity index (χ3v) is 4.16. The maximum Gasteiger partial charge on any atom is 0.422 e. The summed E-state index contributed by atoms with van der Waals surface area (Å²) in [5, 5.41) is 3.38. The molecule has 2 unspecified atom stereocenters. The zero-order valence-corrected chi connectivity index (χ0v) is 16.5. The van der Waals surface area contributed by atoms with Crippen LogP contribution >= 0.6 is 12.4 Å². The van der Waals surface area contributed by atoms with Gasteiger partial charge in [-0.25, -0.2) is 0 Å². The molecule has 0 aliphatic carbocycles. The summed E-state index contributed by atoms with van der Waals surface area (Å²) in [6.07, 6.45) is -3.58. The van der Waals surface area contributed by atoms with E-state index in [-0.39, 0.29) is 41.9 Å². The number of carbonyl (C=O) groups is 1. The molecule has 27 heavy (non-hydrogen) atoms. The van der Waals surface area contributed by atoms with E-state index < -0.39 is 12.8 Å². The molecule has 1 N–H and O–H groups in total. The van der Waals surface area contributed by atoms with Crippen molar-refractivity contribution in [2.24, 2.45) is 0 Å². The molecule has 0 bridgehead atoms. The molecule has 1 aliphatic heterocycles. The third-order valence-electron chi connectivity index (χ3n) is 4.16. The van der Waals surface area contributed by atoms with Gasteiger partial charge >= 0.3 is 6.18 Å². The van der Waals surface area contributed by atoms with E-state index in [2.05, 4.69) is 5.32 Å². The van der Waals surface area contributed by atoms with E-state index in [1.165, 1.54) is 13.2 Å². The van der Waals surface area contributed by atoms with Gasteiger partial charge < -0.3 is 19.7 Å². The molecule has 0 spiro atoms. The maximum absolute atomic E-state index is 12.4. The number of nitrogens with zero attached hydrogens (tertiary/aromatic N) is 1. The van der Waals surface area contributed by atoms with Gasteiger partial charge in [0, 0.05) is 31.6 Å². The number of amides is 1. The minimum Gasteiger partial charge on any atom is -0.493 e. The Morgan fingerprint density at radius 2 is 1.85 bits per heavy atom. The third kappa shape index (κ3) is 7.46. The highest BCUT2D eigenvalue weighted by atomic mass is 35.5. The molecule has 2 rings (SSSR count). The topological polar surface area (TPSA) is 50.8 Å². The van der Waals surface area contributed by atoms with Crippen LogP contribution in [-0.2, 0) is 11.2 Å². The Morgan fingerprint density at radius 1 is 1.22 bits per heavy atom. The normalized spacial score (nSPS) is 20.0. The molecule has 1 aromatic rings. The van der Waals surface area contributed by atoms with E-state index in [0.717, 1.165) is 5.56 Å². The number of piperazine rings is 1. The van der Waals surface area contributed by atoms with Crippen molar-refractivity contribution in [1.82, 2.24) is 10.2 Å². The first-order chi connectivity index (χ1) is 12.2. The number of nitrogens with one attached hydrogen (secondary N) is 1. The predicted octanol–water partition coefficient (Wildman–Crippen LogP) is 3.20. The highest BCUT2D eigenvalue weighted by Crippen LogP contribution is 2.30. The number of ether oxygens (including phenoxy) is 2. The molecule has 0 aromatic heterocycles. The summed E-state index contributed by atoms with van der Waals surface area (Å²) in [5.41, 5.74) is 0.811. The van der Waals surface area contributed by atoms with Crippen molar-refractivity contribution in [3.05, 3.63) is 23.8 Å². The van der Waals surface area contributed by atoms with Gasteiger partial charge in [0.2, 0.25) is 5.91 Å². The van der Waals surface area contributed by atoms with Gasteiger partial charge in [-0.05, 0) is 38.0 Å². The van der Waals surface area contributed by atoms with Gasteiger partial charge in [0.25, 0.3) is 0 Å². The molecule has 0 radical (unpaired) electrons. The number of aryl methyl sites for hydroxylation is 1. The Kier molecular flexibility index (Phi) is 8.68. The molecule has 5 nitrogen and oxygen atoms in total. The SMILES string of the molecule is COc1cc(CCC(=O)N2CC(C)NC(C)C2)ccc1OCC(F)(F)F.Cl. The van der Waals surface area contributed by atoms with Crippen molar-refractivity contribution >= 4 is 18.3 Å². The van der Waals surface area contributed by atoms with Crippen LogP contribution in [0.25, 0.3) is 0 Å². The second-order valence-corrected chi connectivity index (χ2v) is 6.66. The van der Waals surface area contributed by atoms with Crippen LogP contribution in [0, 0.1) is 0 Å². The molecular weight excluding hydrogens is 385 g/mol. The summed E-state index contributed by atoms with van der Waals surface area (Å²) < 4.78 is 46.7. The van der Waals surface area contributed by atoms with Crippen molar-refractivity contribution in [3.8, 4) is 11.5 Å². The van der Waals surface area contributed by atoms with E-state index in [4.69, 9.17) is 9.47 Å². The van der Waals surface area contributed by atoms with Gasteiger partial charge in [-0.15, -0.1) is 12.4 Å². The van der Waals surface area contributed by atoms with Gasteiger partial charge in [-0.1, -0.05) is 6.07 Å². The highest BCUT2D eigenvalue weighted by Gasteiger charge is 2.29. The van der Waals surface area contributed by atoms with Crippen LogP contribution in [0.3, 0.4) is 0 Å². The Labute approximate surface area is 163 Å². The van der Waals surface area contributed by atoms with Crippen LogP contribution in [0.5, 0.6) is 11.5 Å². The summed E-state index contributed by atoms with van der Waals surface area (Å²) in [6.45, 7) is 4.06. The quantitative estimate of drug-likeness (QED) is 0.782. The molecular formula is C18H26ClF3N2O3. The van der Waals surface area contributed by atoms with E-state index in [0.29, 0.717) is 25.9 Å². The maximum atomic E-state index is 12.4. The first kappa shape index (κ1) is 23.4. The molecule has 1 fully saturated rings. The van der Waals surface area contributed by atoms with Gasteiger partial charge in [-0.2, -0.15) is 13.2 Å². The predicted molar refractivity (Wildman–Crippen MR) is 98.8 cm³/mol. The van der Waals surface area contributed by atoms with Crippen molar-refractivity contribution < 1.29 is 27.4 Å². The Hall–Kier alpha value is -1.67. The van der Waals surface area contributed by atoms with Gasteiger partial charge in [0.1, 0.15) is 0 Å². The number of hydrogen-bond donors (Lipinski definition) is 1. The zero-order valence-electron chi connectivity index (χ0n) is 15.6. The fraction of sp³-hybridized carbons (Fsp3) is 0.611. The average Bonchev–Trinajstić information content (AvgIpc) is 2.56. The largest absolute Gasteiger partial charge is 0.493 e. The molecule has 1 aromatic carbocycles. The number of benzene rings is 1. The van der Waals surface area contributed by atoms with Gasteiger partial charge in [0.05, 0.1) is 7.11 Å². The number of methoxy groups -OCH3 is 1. The summed E-state index contributed by atoms with van der Waals surface area (Å²) >= 11 is 0. The van der Waals surface area contributed by atoms with Crippen molar-refractivity contribution in [2.45, 2.75) is 44.9 Å². The highest BCUT2D eigenvalue weighted by molar-refractivity contribution is 5.85. The van der Waals surface area contributed by atoms with Crippen LogP contribution in [0.2, 0.25) is 0 Å². The van der Waals surface area contributed by atoms with Crippen LogP contribution in [0.15, 0.2) is 18.2 Å². The first-order valence-corrected chi connectivity index (χ1v) is 8.58. The standard InChI is InChI=1S/C18H25F3N2O3.ClH/c1-12-9-23(10-13(2)22-12)17(24)7-5-14-4-6-15(16(8-14)25-3)26-11-18(19,20)21;/h4,6,8,12-13,22H,5,7,9-11H2,1-3H3;1H. The fourth-order valence-corrected chi connectivity index (χ4v) is 3.09. The molecule has 9 heteroatoms. The Morgan fingerprint density at radius 3 is 2.41 bits per heavy atom. The van der Waals surface area contributed by atoms with E-state index in [1.54, 1.807) is 12.1 Å². The number of rotatable bonds is 6.